The van der Waals surface area contributed by atoms with Crippen molar-refractivity contribution in [2.45, 2.75) is 12.8 Å². The molecule has 0 saturated heterocycles. The van der Waals surface area contributed by atoms with Crippen LogP contribution in [0.3, 0.4) is 0 Å². The van der Waals surface area contributed by atoms with Crippen molar-refractivity contribution in [1.82, 2.24) is 0 Å². The molecule has 0 unspecified atom stereocenters. The van der Waals surface area contributed by atoms with Gasteiger partial charge in [-0.25, -0.2) is 0 Å². The second-order valence-corrected chi connectivity index (χ2v) is 3.69. The summed E-state index contributed by atoms with van der Waals surface area (Å²) < 4.78 is 0. The van der Waals surface area contributed by atoms with Crippen LogP contribution in [0.1, 0.15) is 12.0 Å². The van der Waals surface area contributed by atoms with Crippen LogP contribution in [0.5, 0.6) is 11.5 Å². The standard InChI is InChI=1S/C10H14N2O2/c1-12-4-2-3-6-8(12)5-7(11)10(14)9(6)13/h5,13-14H,2-4,11H2,1H3. The van der Waals surface area contributed by atoms with Crippen LogP contribution in [0, 0.1) is 0 Å². The van der Waals surface area contributed by atoms with Crippen molar-refractivity contribution >= 4 is 11.4 Å². The Morgan fingerprint density at radius 1 is 1.36 bits per heavy atom. The summed E-state index contributed by atoms with van der Waals surface area (Å²) >= 11 is 0. The first-order valence-electron chi connectivity index (χ1n) is 4.65. The van der Waals surface area contributed by atoms with Gasteiger partial charge in [0.15, 0.2) is 11.5 Å². The maximum atomic E-state index is 9.69. The highest BCUT2D eigenvalue weighted by Gasteiger charge is 2.21. The minimum Gasteiger partial charge on any atom is -0.504 e. The Bertz CT molecular complexity index is 377. The number of fused-ring (bicyclic) bond motifs is 1. The number of benzene rings is 1. The van der Waals surface area contributed by atoms with E-state index >= 15 is 0 Å². The van der Waals surface area contributed by atoms with Crippen molar-refractivity contribution in [2.24, 2.45) is 0 Å². The number of nitrogens with zero attached hydrogens (tertiary/aromatic N) is 1. The molecule has 0 fully saturated rings. The fourth-order valence-corrected chi connectivity index (χ4v) is 1.90. The minimum atomic E-state index is -0.195. The number of phenolic OH excluding ortho intramolecular Hbond substituents is 2. The van der Waals surface area contributed by atoms with Crippen molar-refractivity contribution in [1.29, 1.82) is 0 Å². The molecule has 1 aliphatic heterocycles. The van der Waals surface area contributed by atoms with Gasteiger partial charge in [0.2, 0.25) is 0 Å². The highest BCUT2D eigenvalue weighted by atomic mass is 16.3. The fraction of sp³-hybridized carbons (Fsp3) is 0.400. The first-order chi connectivity index (χ1) is 6.61. The summed E-state index contributed by atoms with van der Waals surface area (Å²) in [6, 6.07) is 1.71. The lowest BCUT2D eigenvalue weighted by Gasteiger charge is -2.28. The zero-order chi connectivity index (χ0) is 10.3. The lowest BCUT2D eigenvalue weighted by atomic mass is 10.00. The summed E-state index contributed by atoms with van der Waals surface area (Å²) in [5.74, 6) is -0.259. The second-order valence-electron chi connectivity index (χ2n) is 3.69. The van der Waals surface area contributed by atoms with E-state index < -0.39 is 0 Å². The molecule has 2 rings (SSSR count). The molecule has 1 aliphatic rings. The van der Waals surface area contributed by atoms with Crippen LogP contribution in [0.25, 0.3) is 0 Å². The lowest BCUT2D eigenvalue weighted by molar-refractivity contribution is 0.400. The molecule has 0 saturated carbocycles. The average Bonchev–Trinajstić information content (AvgIpc) is 2.17. The van der Waals surface area contributed by atoms with Crippen LogP contribution in [0.2, 0.25) is 0 Å². The molecule has 0 atom stereocenters. The zero-order valence-corrected chi connectivity index (χ0v) is 8.12. The van der Waals surface area contributed by atoms with Gasteiger partial charge in [0.1, 0.15) is 0 Å². The Morgan fingerprint density at radius 2 is 2.07 bits per heavy atom. The molecular formula is C10H14N2O2. The summed E-state index contributed by atoms with van der Waals surface area (Å²) in [4.78, 5) is 2.04. The third kappa shape index (κ3) is 1.14. The number of aromatic hydroxyl groups is 2. The third-order valence-electron chi connectivity index (χ3n) is 2.72. The number of nitrogen functional groups attached to an aromatic ring is 1. The van der Waals surface area contributed by atoms with Gasteiger partial charge in [0.05, 0.1) is 5.69 Å². The number of hydrogen-bond donors (Lipinski definition) is 3. The number of phenols is 2. The van der Waals surface area contributed by atoms with Crippen LogP contribution in [-0.4, -0.2) is 23.8 Å². The molecule has 0 spiro atoms. The first kappa shape index (κ1) is 8.99. The molecule has 14 heavy (non-hydrogen) atoms. The Morgan fingerprint density at radius 3 is 2.79 bits per heavy atom. The fourth-order valence-electron chi connectivity index (χ4n) is 1.90. The molecule has 1 heterocycles. The quantitative estimate of drug-likeness (QED) is 0.426. The van der Waals surface area contributed by atoms with Crippen molar-refractivity contribution in [3.63, 3.8) is 0 Å². The molecule has 0 aromatic heterocycles. The maximum absolute atomic E-state index is 9.69. The van der Waals surface area contributed by atoms with Gasteiger partial charge in [-0.15, -0.1) is 0 Å². The summed E-state index contributed by atoms with van der Waals surface area (Å²) in [5.41, 5.74) is 7.52. The van der Waals surface area contributed by atoms with Crippen molar-refractivity contribution in [3.05, 3.63) is 11.6 Å². The van der Waals surface area contributed by atoms with Crippen molar-refractivity contribution in [3.8, 4) is 11.5 Å². The summed E-state index contributed by atoms with van der Waals surface area (Å²) in [7, 11) is 1.95. The molecular weight excluding hydrogens is 180 g/mol. The lowest BCUT2D eigenvalue weighted by Crippen LogP contribution is -2.24. The van der Waals surface area contributed by atoms with Gasteiger partial charge in [-0.2, -0.15) is 0 Å². The molecule has 4 N–H and O–H groups in total. The van der Waals surface area contributed by atoms with Crippen LogP contribution >= 0.6 is 0 Å². The Labute approximate surface area is 82.6 Å². The Kier molecular flexibility index (Phi) is 1.91. The average molecular weight is 194 g/mol. The van der Waals surface area contributed by atoms with E-state index in [2.05, 4.69) is 0 Å². The molecule has 4 heteroatoms. The van der Waals surface area contributed by atoms with Crippen molar-refractivity contribution in [2.75, 3.05) is 24.2 Å². The zero-order valence-electron chi connectivity index (χ0n) is 8.12. The van der Waals surface area contributed by atoms with Gasteiger partial charge >= 0.3 is 0 Å². The Balaban J connectivity index is 2.63. The van der Waals surface area contributed by atoms with Crippen LogP contribution < -0.4 is 10.6 Å². The third-order valence-corrected chi connectivity index (χ3v) is 2.72. The van der Waals surface area contributed by atoms with E-state index in [-0.39, 0.29) is 17.2 Å². The highest BCUT2D eigenvalue weighted by Crippen LogP contribution is 2.42. The topological polar surface area (TPSA) is 69.7 Å². The predicted octanol–water partition coefficient (Wildman–Crippen LogP) is 1.06. The molecule has 0 bridgehead atoms. The van der Waals surface area contributed by atoms with Crippen LogP contribution in [0.4, 0.5) is 11.4 Å². The van der Waals surface area contributed by atoms with Gasteiger partial charge in [-0.3, -0.25) is 0 Å². The second kappa shape index (κ2) is 2.97. The maximum Gasteiger partial charge on any atom is 0.181 e. The van der Waals surface area contributed by atoms with Gasteiger partial charge in [-0.1, -0.05) is 0 Å². The largest absolute Gasteiger partial charge is 0.504 e. The minimum absolute atomic E-state index is 0.0634. The molecule has 4 nitrogen and oxygen atoms in total. The van der Waals surface area contributed by atoms with Crippen LogP contribution in [0.15, 0.2) is 6.07 Å². The SMILES string of the molecule is CN1CCCc2c1cc(N)c(O)c2O. The first-order valence-corrected chi connectivity index (χ1v) is 4.65. The van der Waals surface area contributed by atoms with Gasteiger partial charge in [-0.05, 0) is 18.9 Å². The summed E-state index contributed by atoms with van der Waals surface area (Å²) in [6.07, 6.45) is 1.78. The number of anilines is 2. The van der Waals surface area contributed by atoms with E-state index in [1.807, 2.05) is 11.9 Å². The summed E-state index contributed by atoms with van der Waals surface area (Å²) in [5, 5.41) is 19.1. The van der Waals surface area contributed by atoms with Crippen LogP contribution in [-0.2, 0) is 6.42 Å². The molecule has 0 radical (unpaired) electrons. The number of hydrogen-bond acceptors (Lipinski definition) is 4. The van der Waals surface area contributed by atoms with Gasteiger partial charge in [0, 0.05) is 24.8 Å². The smallest absolute Gasteiger partial charge is 0.181 e. The monoisotopic (exact) mass is 194 g/mol. The van der Waals surface area contributed by atoms with Gasteiger partial charge in [0.25, 0.3) is 0 Å². The van der Waals surface area contributed by atoms with E-state index in [0.29, 0.717) is 0 Å². The summed E-state index contributed by atoms with van der Waals surface area (Å²) in [6.45, 7) is 0.955. The Hall–Kier alpha value is -1.58. The normalized spacial score (nSPS) is 15.4. The highest BCUT2D eigenvalue weighted by molar-refractivity contribution is 5.74. The predicted molar refractivity (Wildman–Crippen MR) is 55.8 cm³/mol. The molecule has 1 aromatic carbocycles. The molecule has 0 amide bonds. The van der Waals surface area contributed by atoms with E-state index in [0.717, 1.165) is 30.6 Å². The van der Waals surface area contributed by atoms with E-state index in [1.54, 1.807) is 6.07 Å². The molecule has 0 aliphatic carbocycles. The van der Waals surface area contributed by atoms with E-state index in [1.165, 1.54) is 0 Å². The molecule has 76 valence electrons. The van der Waals surface area contributed by atoms with E-state index in [9.17, 15) is 10.2 Å². The number of nitrogens with two attached hydrogens (primary N) is 1. The molecule has 1 aromatic rings. The van der Waals surface area contributed by atoms with Gasteiger partial charge < -0.3 is 20.8 Å². The van der Waals surface area contributed by atoms with E-state index in [4.69, 9.17) is 5.73 Å². The van der Waals surface area contributed by atoms with Crippen molar-refractivity contribution < 1.29 is 10.2 Å². The number of rotatable bonds is 0.